The highest BCUT2D eigenvalue weighted by atomic mass is 79.9. The van der Waals surface area contributed by atoms with Crippen LogP contribution in [0.25, 0.3) is 0 Å². The molecule has 0 fully saturated rings. The molecule has 0 atom stereocenters. The first-order chi connectivity index (χ1) is 9.65. The van der Waals surface area contributed by atoms with Gasteiger partial charge in [0.1, 0.15) is 0 Å². The molecule has 0 bridgehead atoms. The molecule has 3 N–H and O–H groups in total. The molecule has 0 radical (unpaired) electrons. The predicted octanol–water partition coefficient (Wildman–Crippen LogP) is 2.66. The molecule has 20 heavy (non-hydrogen) atoms. The highest BCUT2D eigenvalue weighted by molar-refractivity contribution is 9.10. The number of rotatable bonds is 5. The van der Waals surface area contributed by atoms with Crippen molar-refractivity contribution < 1.29 is 14.9 Å². The van der Waals surface area contributed by atoms with Gasteiger partial charge >= 0.3 is 0 Å². The van der Waals surface area contributed by atoms with Crippen LogP contribution in [0.15, 0.2) is 35.1 Å². The summed E-state index contributed by atoms with van der Waals surface area (Å²) >= 11 is 3.28. The first-order valence-electron chi connectivity index (χ1n) is 5.98. The van der Waals surface area contributed by atoms with E-state index in [0.29, 0.717) is 16.8 Å². The van der Waals surface area contributed by atoms with Gasteiger partial charge in [-0.15, -0.1) is 0 Å². The number of ether oxygens (including phenoxy) is 1. The number of phenolic OH excluding ortho intramolecular Hbond substituents is 1. The minimum absolute atomic E-state index is 0.0482. The van der Waals surface area contributed by atoms with Crippen molar-refractivity contribution in [1.29, 1.82) is 0 Å². The Hall–Kier alpha value is -1.79. The molecule has 2 aromatic rings. The lowest BCUT2D eigenvalue weighted by Gasteiger charge is -2.12. The van der Waals surface area contributed by atoms with Crippen molar-refractivity contribution in [2.24, 2.45) is 0 Å². The van der Waals surface area contributed by atoms with E-state index in [2.05, 4.69) is 26.2 Å². The number of halogens is 1. The van der Waals surface area contributed by atoms with Gasteiger partial charge in [-0.3, -0.25) is 4.98 Å². The molecule has 0 unspecified atom stereocenters. The quantitative estimate of drug-likeness (QED) is 0.781. The molecular formula is C14H15BrN2O3. The Morgan fingerprint density at radius 1 is 1.40 bits per heavy atom. The Morgan fingerprint density at radius 2 is 2.20 bits per heavy atom. The number of aliphatic hydroxyl groups is 1. The van der Waals surface area contributed by atoms with E-state index in [1.54, 1.807) is 30.6 Å². The molecular weight excluding hydrogens is 324 g/mol. The van der Waals surface area contributed by atoms with Crippen molar-refractivity contribution in [2.45, 2.75) is 13.2 Å². The molecule has 1 aromatic heterocycles. The number of hydrogen-bond acceptors (Lipinski definition) is 5. The number of aromatic nitrogens is 1. The Kier molecular flexibility index (Phi) is 4.81. The van der Waals surface area contributed by atoms with Crippen LogP contribution < -0.4 is 10.1 Å². The van der Waals surface area contributed by atoms with Crippen molar-refractivity contribution >= 4 is 21.6 Å². The lowest BCUT2D eigenvalue weighted by atomic mass is 10.2. The molecule has 2 rings (SSSR count). The second-order valence-electron chi connectivity index (χ2n) is 4.17. The minimum atomic E-state index is -0.0482. The Bertz CT molecular complexity index is 605. The number of nitrogens with one attached hydrogen (secondary N) is 1. The van der Waals surface area contributed by atoms with Gasteiger partial charge in [-0.1, -0.05) is 0 Å². The van der Waals surface area contributed by atoms with Gasteiger partial charge in [-0.05, 0) is 39.7 Å². The van der Waals surface area contributed by atoms with Crippen molar-refractivity contribution in [3.8, 4) is 11.5 Å². The number of benzene rings is 1. The molecule has 1 heterocycles. The minimum Gasteiger partial charge on any atom is -0.503 e. The maximum Gasteiger partial charge on any atom is 0.172 e. The van der Waals surface area contributed by atoms with E-state index in [4.69, 9.17) is 4.74 Å². The summed E-state index contributed by atoms with van der Waals surface area (Å²) in [6.45, 7) is 0.474. The van der Waals surface area contributed by atoms with Crippen LogP contribution in [0.3, 0.4) is 0 Å². The average molecular weight is 339 g/mol. The summed E-state index contributed by atoms with van der Waals surface area (Å²) < 4.78 is 5.67. The molecule has 5 nitrogen and oxygen atoms in total. The van der Waals surface area contributed by atoms with Crippen LogP contribution in [0.2, 0.25) is 0 Å². The van der Waals surface area contributed by atoms with Gasteiger partial charge in [-0.2, -0.15) is 0 Å². The standard InChI is InChI=1S/C14H15BrN2O3/c1-20-13-5-9(4-11(15)14(13)19)6-17-12-7-16-3-2-10(12)8-18/h2-5,7,17-19H,6,8H2,1H3. The molecule has 0 spiro atoms. The summed E-state index contributed by atoms with van der Waals surface area (Å²) in [7, 11) is 1.50. The van der Waals surface area contributed by atoms with Crippen molar-refractivity contribution in [3.05, 3.63) is 46.2 Å². The third kappa shape index (κ3) is 3.20. The second-order valence-corrected chi connectivity index (χ2v) is 5.03. The highest BCUT2D eigenvalue weighted by Crippen LogP contribution is 2.35. The van der Waals surface area contributed by atoms with Crippen molar-refractivity contribution in [2.75, 3.05) is 12.4 Å². The molecule has 0 aliphatic heterocycles. The zero-order valence-corrected chi connectivity index (χ0v) is 12.5. The Balaban J connectivity index is 2.17. The molecule has 0 aliphatic rings. The summed E-state index contributed by atoms with van der Waals surface area (Å²) in [6, 6.07) is 5.32. The van der Waals surface area contributed by atoms with Crippen LogP contribution in [0, 0.1) is 0 Å². The van der Waals surface area contributed by atoms with Gasteiger partial charge in [0, 0.05) is 18.3 Å². The van der Waals surface area contributed by atoms with Gasteiger partial charge in [0.15, 0.2) is 11.5 Å². The second kappa shape index (κ2) is 6.58. The maximum absolute atomic E-state index is 9.75. The summed E-state index contributed by atoms with van der Waals surface area (Å²) in [5.41, 5.74) is 2.49. The zero-order chi connectivity index (χ0) is 14.5. The van der Waals surface area contributed by atoms with E-state index in [-0.39, 0.29) is 12.4 Å². The topological polar surface area (TPSA) is 74.6 Å². The van der Waals surface area contributed by atoms with Crippen LogP contribution in [0.5, 0.6) is 11.5 Å². The first-order valence-corrected chi connectivity index (χ1v) is 6.78. The summed E-state index contributed by atoms with van der Waals surface area (Å²) in [4.78, 5) is 4.02. The van der Waals surface area contributed by atoms with Gasteiger partial charge in [-0.25, -0.2) is 0 Å². The summed E-state index contributed by atoms with van der Waals surface area (Å²) in [5, 5.41) is 22.2. The molecule has 0 amide bonds. The number of pyridine rings is 1. The zero-order valence-electron chi connectivity index (χ0n) is 10.9. The Morgan fingerprint density at radius 3 is 2.90 bits per heavy atom. The van der Waals surface area contributed by atoms with E-state index in [1.807, 2.05) is 0 Å². The van der Waals surface area contributed by atoms with Crippen LogP contribution in [-0.4, -0.2) is 22.3 Å². The smallest absolute Gasteiger partial charge is 0.172 e. The number of methoxy groups -OCH3 is 1. The molecule has 1 aromatic carbocycles. The number of phenols is 1. The predicted molar refractivity (Wildman–Crippen MR) is 79.8 cm³/mol. The van der Waals surface area contributed by atoms with Crippen LogP contribution in [0.4, 0.5) is 5.69 Å². The Labute approximate surface area is 125 Å². The van der Waals surface area contributed by atoms with Crippen LogP contribution in [-0.2, 0) is 13.2 Å². The summed E-state index contributed by atoms with van der Waals surface area (Å²) in [6.07, 6.45) is 3.30. The maximum atomic E-state index is 9.75. The number of aromatic hydroxyl groups is 1. The van der Waals surface area contributed by atoms with Crippen LogP contribution >= 0.6 is 15.9 Å². The first kappa shape index (κ1) is 14.6. The average Bonchev–Trinajstić information content (AvgIpc) is 2.48. The normalized spacial score (nSPS) is 10.3. The molecule has 0 saturated carbocycles. The van der Waals surface area contributed by atoms with Gasteiger partial charge < -0.3 is 20.3 Å². The van der Waals surface area contributed by atoms with Gasteiger partial charge in [0.2, 0.25) is 0 Å². The van der Waals surface area contributed by atoms with Crippen LogP contribution in [0.1, 0.15) is 11.1 Å². The van der Waals surface area contributed by atoms with Crippen molar-refractivity contribution in [1.82, 2.24) is 4.98 Å². The van der Waals surface area contributed by atoms with Gasteiger partial charge in [0.25, 0.3) is 0 Å². The van der Waals surface area contributed by atoms with E-state index < -0.39 is 0 Å². The van der Waals surface area contributed by atoms with E-state index in [1.165, 1.54) is 7.11 Å². The van der Waals surface area contributed by atoms with Crippen molar-refractivity contribution in [3.63, 3.8) is 0 Å². The molecule has 6 heteroatoms. The fourth-order valence-electron chi connectivity index (χ4n) is 1.80. The summed E-state index contributed by atoms with van der Waals surface area (Å²) in [5.74, 6) is 0.485. The number of nitrogens with zero attached hydrogens (tertiary/aromatic N) is 1. The fraction of sp³-hybridized carbons (Fsp3) is 0.214. The highest BCUT2D eigenvalue weighted by Gasteiger charge is 2.09. The monoisotopic (exact) mass is 338 g/mol. The number of hydrogen-bond donors (Lipinski definition) is 3. The lowest BCUT2D eigenvalue weighted by molar-refractivity contribution is 0.282. The third-order valence-corrected chi connectivity index (χ3v) is 3.48. The van der Waals surface area contributed by atoms with Gasteiger partial charge in [0.05, 0.1) is 30.1 Å². The molecule has 0 aliphatic carbocycles. The lowest BCUT2D eigenvalue weighted by Crippen LogP contribution is -2.03. The number of anilines is 1. The largest absolute Gasteiger partial charge is 0.503 e. The fourth-order valence-corrected chi connectivity index (χ4v) is 2.29. The SMILES string of the molecule is COc1cc(CNc2cnccc2CO)cc(Br)c1O. The van der Waals surface area contributed by atoms with E-state index >= 15 is 0 Å². The number of aliphatic hydroxyl groups excluding tert-OH is 1. The molecule has 106 valence electrons. The van der Waals surface area contributed by atoms with E-state index in [9.17, 15) is 10.2 Å². The van der Waals surface area contributed by atoms with E-state index in [0.717, 1.165) is 16.8 Å². The molecule has 0 saturated heterocycles. The third-order valence-electron chi connectivity index (χ3n) is 2.87.